The molecule has 0 saturated carbocycles. The number of aliphatic carboxylic acids is 1. The summed E-state index contributed by atoms with van der Waals surface area (Å²) < 4.78 is 35.5. The minimum absolute atomic E-state index is 0.191. The number of carbonyl (C=O) groups is 2. The number of hydrogen-bond donors (Lipinski definition) is 4. The van der Waals surface area contributed by atoms with Crippen LogP contribution in [0.1, 0.15) is 43.2 Å². The highest BCUT2D eigenvalue weighted by molar-refractivity contribution is 6.09. The number of rotatable bonds is 7. The van der Waals surface area contributed by atoms with Crippen molar-refractivity contribution in [2.24, 2.45) is 0 Å². The molecule has 0 spiro atoms. The number of carboxylic acids is 1. The van der Waals surface area contributed by atoms with Crippen LogP contribution in [0.2, 0.25) is 0 Å². The number of ether oxygens (including phenoxy) is 1. The molecular formula is C28H35F2N7O4. The van der Waals surface area contributed by atoms with E-state index in [0.29, 0.717) is 61.5 Å². The summed E-state index contributed by atoms with van der Waals surface area (Å²) in [5.41, 5.74) is 3.47. The lowest BCUT2D eigenvalue weighted by Crippen LogP contribution is -2.48. The molecule has 0 aliphatic carbocycles. The van der Waals surface area contributed by atoms with Crippen LogP contribution in [-0.4, -0.2) is 83.6 Å². The smallest absolute Gasteiger partial charge is 0.325 e. The molecule has 3 aliphatic heterocycles. The van der Waals surface area contributed by atoms with E-state index >= 15 is 0 Å². The zero-order valence-electron chi connectivity index (χ0n) is 23.0. The number of halogens is 2. The van der Waals surface area contributed by atoms with Gasteiger partial charge in [-0.1, -0.05) is 0 Å². The molecule has 220 valence electrons. The maximum atomic E-state index is 14.4. The second kappa shape index (κ2) is 12.2. The summed E-state index contributed by atoms with van der Waals surface area (Å²) in [5.74, 6) is -0.887. The van der Waals surface area contributed by atoms with E-state index in [0.717, 1.165) is 30.5 Å². The van der Waals surface area contributed by atoms with Gasteiger partial charge in [0, 0.05) is 80.1 Å². The molecule has 5 rings (SSSR count). The fourth-order valence-corrected chi connectivity index (χ4v) is 5.76. The molecule has 1 aromatic heterocycles. The fourth-order valence-electron chi connectivity index (χ4n) is 5.76. The molecule has 4 N–H and O–H groups in total. The Morgan fingerprint density at radius 2 is 2.00 bits per heavy atom. The molecule has 4 heterocycles. The minimum Gasteiger partial charge on any atom is -0.480 e. The van der Waals surface area contributed by atoms with Gasteiger partial charge in [0.1, 0.15) is 12.4 Å². The number of aryl methyl sites for hydroxylation is 1. The van der Waals surface area contributed by atoms with Crippen LogP contribution in [-0.2, 0) is 22.5 Å². The Balaban J connectivity index is 1.50. The van der Waals surface area contributed by atoms with Gasteiger partial charge in [0.2, 0.25) is 0 Å². The number of amidine groups is 1. The fraction of sp³-hybridized carbons (Fsp3) is 0.500. The van der Waals surface area contributed by atoms with Crippen molar-refractivity contribution in [3.8, 4) is 11.1 Å². The molecule has 1 fully saturated rings. The summed E-state index contributed by atoms with van der Waals surface area (Å²) in [4.78, 5) is 27.0. The average Bonchev–Trinajstić information content (AvgIpc) is 3.43. The first kappa shape index (κ1) is 28.5. The number of nitrogens with one attached hydrogen (secondary N) is 3. The summed E-state index contributed by atoms with van der Waals surface area (Å²) in [7, 11) is 1.57. The van der Waals surface area contributed by atoms with Crippen molar-refractivity contribution in [2.45, 2.75) is 51.1 Å². The Labute approximate surface area is 236 Å². The van der Waals surface area contributed by atoms with Crippen LogP contribution < -0.4 is 15.5 Å². The lowest BCUT2D eigenvalue weighted by Gasteiger charge is -2.38. The highest BCUT2D eigenvalue weighted by atomic mass is 19.3. The van der Waals surface area contributed by atoms with Gasteiger partial charge in [0.25, 0.3) is 6.43 Å². The number of benzene rings is 1. The maximum absolute atomic E-state index is 14.4. The number of fused-ring (bicyclic) bond motifs is 1. The van der Waals surface area contributed by atoms with Crippen molar-refractivity contribution in [1.82, 2.24) is 25.3 Å². The standard InChI is InChI=1S/C28H35F2N7O4/c1-32-28(40)35-8-4-23(34-19-5-9-41-10-6-19)22(15-35)27(31)37-7-2-3-17-11-20(21(26(29)30)12-24(17)37)18-13-33-36(14-18)16-25(38)39/h11-14,19,26,31,34H,2-10,15-16H2,1H3,(H,32,40)(H,38,39). The molecule has 0 atom stereocenters. The van der Waals surface area contributed by atoms with E-state index in [4.69, 9.17) is 9.84 Å². The molecular weight excluding hydrogens is 536 g/mol. The van der Waals surface area contributed by atoms with Gasteiger partial charge in [-0.2, -0.15) is 5.10 Å². The second-order valence-electron chi connectivity index (χ2n) is 10.5. The van der Waals surface area contributed by atoms with Gasteiger partial charge in [-0.15, -0.1) is 0 Å². The number of urea groups is 1. The first-order valence-corrected chi connectivity index (χ1v) is 13.8. The molecule has 0 unspecified atom stereocenters. The van der Waals surface area contributed by atoms with Crippen LogP contribution in [0.5, 0.6) is 0 Å². The first-order chi connectivity index (χ1) is 19.7. The van der Waals surface area contributed by atoms with Crippen LogP contribution in [0.25, 0.3) is 11.1 Å². The van der Waals surface area contributed by atoms with Crippen LogP contribution in [0.15, 0.2) is 35.8 Å². The van der Waals surface area contributed by atoms with E-state index in [2.05, 4.69) is 15.7 Å². The van der Waals surface area contributed by atoms with Crippen molar-refractivity contribution < 1.29 is 28.2 Å². The van der Waals surface area contributed by atoms with Crippen molar-refractivity contribution in [2.75, 3.05) is 44.8 Å². The molecule has 0 bridgehead atoms. The normalized spacial score (nSPS) is 18.0. The topological polar surface area (TPSA) is 136 Å². The highest BCUT2D eigenvalue weighted by Crippen LogP contribution is 2.39. The summed E-state index contributed by atoms with van der Waals surface area (Å²) in [5, 5.41) is 28.6. The monoisotopic (exact) mass is 571 g/mol. The molecule has 11 nitrogen and oxygen atoms in total. The van der Waals surface area contributed by atoms with E-state index < -0.39 is 12.4 Å². The molecule has 3 aliphatic rings. The third-order valence-electron chi connectivity index (χ3n) is 7.85. The Morgan fingerprint density at radius 3 is 2.71 bits per heavy atom. The van der Waals surface area contributed by atoms with E-state index in [1.807, 2.05) is 0 Å². The maximum Gasteiger partial charge on any atom is 0.325 e. The van der Waals surface area contributed by atoms with Crippen molar-refractivity contribution in [1.29, 1.82) is 5.41 Å². The summed E-state index contributed by atoms with van der Waals surface area (Å²) in [6.45, 7) is 2.18. The quantitative estimate of drug-likeness (QED) is 0.296. The van der Waals surface area contributed by atoms with Gasteiger partial charge < -0.3 is 30.3 Å². The van der Waals surface area contributed by atoms with Gasteiger partial charge in [0.05, 0.1) is 12.7 Å². The van der Waals surface area contributed by atoms with Crippen molar-refractivity contribution in [3.05, 3.63) is 46.9 Å². The number of carbonyl (C=O) groups excluding carboxylic acids is 1. The lowest BCUT2D eigenvalue weighted by atomic mass is 9.92. The SMILES string of the molecule is CNC(=O)N1CCC(NC2CCOCC2)=C(C(=N)N2CCCc3cc(-c4cnn(CC(=O)O)c4)c(C(F)F)cc32)C1. The van der Waals surface area contributed by atoms with Gasteiger partial charge in [-0.25, -0.2) is 13.6 Å². The predicted molar refractivity (Wildman–Crippen MR) is 148 cm³/mol. The Kier molecular flexibility index (Phi) is 8.52. The number of nitrogens with zero attached hydrogens (tertiary/aromatic N) is 4. The third-order valence-corrected chi connectivity index (χ3v) is 7.85. The Morgan fingerprint density at radius 1 is 1.22 bits per heavy atom. The molecule has 1 aromatic carbocycles. The predicted octanol–water partition coefficient (Wildman–Crippen LogP) is 3.37. The molecule has 1 saturated heterocycles. The van der Waals surface area contributed by atoms with Gasteiger partial charge in [-0.05, 0) is 48.9 Å². The third kappa shape index (κ3) is 6.19. The van der Waals surface area contributed by atoms with Crippen LogP contribution in [0.3, 0.4) is 0 Å². The second-order valence-corrected chi connectivity index (χ2v) is 10.5. The number of anilines is 1. The first-order valence-electron chi connectivity index (χ1n) is 13.8. The van der Waals surface area contributed by atoms with E-state index in [1.54, 1.807) is 22.9 Å². The molecule has 2 amide bonds. The average molecular weight is 572 g/mol. The van der Waals surface area contributed by atoms with Gasteiger partial charge >= 0.3 is 12.0 Å². The van der Waals surface area contributed by atoms with Crippen molar-refractivity contribution >= 4 is 23.5 Å². The molecule has 13 heteroatoms. The zero-order chi connectivity index (χ0) is 29.1. The molecule has 41 heavy (non-hydrogen) atoms. The van der Waals surface area contributed by atoms with E-state index in [1.165, 1.54) is 23.1 Å². The summed E-state index contributed by atoms with van der Waals surface area (Å²) in [6.07, 6.45) is 3.68. The van der Waals surface area contributed by atoms with Crippen LogP contribution in [0.4, 0.5) is 19.3 Å². The number of carboxylic acid groups (broad SMARTS) is 1. The number of amides is 2. The number of hydrogen-bond acceptors (Lipinski definition) is 6. The number of alkyl halides is 2. The molecule has 0 radical (unpaired) electrons. The van der Waals surface area contributed by atoms with Gasteiger partial charge in [-0.3, -0.25) is 14.9 Å². The largest absolute Gasteiger partial charge is 0.480 e. The van der Waals surface area contributed by atoms with Crippen LogP contribution in [0, 0.1) is 5.41 Å². The number of aromatic nitrogens is 2. The van der Waals surface area contributed by atoms with Crippen LogP contribution >= 0.6 is 0 Å². The minimum atomic E-state index is -2.79. The summed E-state index contributed by atoms with van der Waals surface area (Å²) in [6, 6.07) is 3.14. The zero-order valence-corrected chi connectivity index (χ0v) is 23.0. The van der Waals surface area contributed by atoms with Crippen molar-refractivity contribution in [3.63, 3.8) is 0 Å². The highest BCUT2D eigenvalue weighted by Gasteiger charge is 2.32. The lowest BCUT2D eigenvalue weighted by molar-refractivity contribution is -0.137. The van der Waals surface area contributed by atoms with E-state index in [-0.39, 0.29) is 36.6 Å². The van der Waals surface area contributed by atoms with E-state index in [9.17, 15) is 23.8 Å². The van der Waals surface area contributed by atoms with Gasteiger partial charge in [0.15, 0.2) is 0 Å². The molecule has 2 aromatic rings. The Bertz CT molecular complexity index is 1350. The Hall–Kier alpha value is -4.00. The summed E-state index contributed by atoms with van der Waals surface area (Å²) >= 11 is 0.